The Morgan fingerprint density at radius 1 is 0.508 bits per heavy atom. The normalized spacial score (nSPS) is 22.2. The molecule has 61 heavy (non-hydrogen) atoms. The highest BCUT2D eigenvalue weighted by atomic mass is 31.2. The van der Waals surface area contributed by atoms with Crippen molar-refractivity contribution >= 4 is 13.8 Å². The number of aliphatic hydroxyl groups excluding tert-OH is 5. The molecule has 13 heteroatoms. The summed E-state index contributed by atoms with van der Waals surface area (Å²) in [7, 11) is -5.01. The zero-order valence-corrected chi connectivity index (χ0v) is 39.6. The molecule has 6 N–H and O–H groups in total. The van der Waals surface area contributed by atoms with Crippen LogP contribution in [0.5, 0.6) is 0 Å². The van der Waals surface area contributed by atoms with E-state index in [1.54, 1.807) is 0 Å². The average Bonchev–Trinajstić information content (AvgIpc) is 3.24. The van der Waals surface area contributed by atoms with Crippen molar-refractivity contribution in [3.8, 4) is 0 Å². The number of phosphoric acid groups is 1. The molecule has 0 aromatic rings. The van der Waals surface area contributed by atoms with E-state index in [0.717, 1.165) is 51.4 Å². The molecule has 0 bridgehead atoms. The van der Waals surface area contributed by atoms with E-state index < -0.39 is 63.1 Å². The van der Waals surface area contributed by atoms with Gasteiger partial charge in [-0.25, -0.2) is 4.57 Å². The van der Waals surface area contributed by atoms with Crippen molar-refractivity contribution in [3.63, 3.8) is 0 Å². The molecule has 0 amide bonds. The monoisotopic (exact) mass is 893 g/mol. The minimum absolute atomic E-state index is 0.0755. The highest BCUT2D eigenvalue weighted by Gasteiger charge is 2.51. The van der Waals surface area contributed by atoms with Gasteiger partial charge < -0.3 is 39.9 Å². The summed E-state index contributed by atoms with van der Waals surface area (Å²) in [6, 6.07) is 0. The van der Waals surface area contributed by atoms with E-state index in [0.29, 0.717) is 13.0 Å². The molecule has 0 heterocycles. The number of esters is 1. The Labute approximate surface area is 371 Å². The van der Waals surface area contributed by atoms with Gasteiger partial charge in [-0.05, 0) is 38.5 Å². The number of phosphoric ester groups is 1. The highest BCUT2D eigenvalue weighted by molar-refractivity contribution is 7.47. The largest absolute Gasteiger partial charge is 0.472 e. The Bertz CT molecular complexity index is 1060. The van der Waals surface area contributed by atoms with E-state index >= 15 is 0 Å². The Kier molecular flexibility index (Phi) is 37.6. The first-order chi connectivity index (χ1) is 29.5. The van der Waals surface area contributed by atoms with Gasteiger partial charge in [0.15, 0.2) is 0 Å². The molecular formula is C48H93O12P. The molecule has 1 fully saturated rings. The smallest absolute Gasteiger partial charge is 0.457 e. The van der Waals surface area contributed by atoms with E-state index in [2.05, 4.69) is 26.0 Å². The Morgan fingerprint density at radius 3 is 1.33 bits per heavy atom. The summed E-state index contributed by atoms with van der Waals surface area (Å²) in [6.45, 7) is 4.26. The summed E-state index contributed by atoms with van der Waals surface area (Å²) < 4.78 is 34.2. The first-order valence-corrected chi connectivity index (χ1v) is 26.5. The number of allylic oxidation sites excluding steroid dienone is 2. The zero-order chi connectivity index (χ0) is 44.8. The lowest BCUT2D eigenvalue weighted by molar-refractivity contribution is -0.220. The molecule has 0 radical (unpaired) electrons. The third-order valence-electron chi connectivity index (χ3n) is 11.9. The summed E-state index contributed by atoms with van der Waals surface area (Å²) in [5.41, 5.74) is 0. The van der Waals surface area contributed by atoms with Crippen LogP contribution in [-0.2, 0) is 27.9 Å². The molecule has 362 valence electrons. The van der Waals surface area contributed by atoms with Gasteiger partial charge >= 0.3 is 13.8 Å². The van der Waals surface area contributed by atoms with Gasteiger partial charge in [0.1, 0.15) is 42.7 Å². The van der Waals surface area contributed by atoms with Gasteiger partial charge in [0, 0.05) is 13.0 Å². The van der Waals surface area contributed by atoms with E-state index in [1.165, 1.54) is 148 Å². The third kappa shape index (κ3) is 31.6. The van der Waals surface area contributed by atoms with Crippen LogP contribution in [0.1, 0.15) is 226 Å². The van der Waals surface area contributed by atoms with Gasteiger partial charge in [-0.3, -0.25) is 13.8 Å². The molecule has 0 saturated heterocycles. The Balaban J connectivity index is 2.32. The maximum atomic E-state index is 12.8. The van der Waals surface area contributed by atoms with Gasteiger partial charge in [-0.15, -0.1) is 0 Å². The number of carbonyl (C=O) groups is 1. The van der Waals surface area contributed by atoms with Gasteiger partial charge in [0.2, 0.25) is 0 Å². The summed E-state index contributed by atoms with van der Waals surface area (Å²) in [4.78, 5) is 23.2. The van der Waals surface area contributed by atoms with Crippen molar-refractivity contribution in [3.05, 3.63) is 12.2 Å². The number of unbranched alkanes of at least 4 members (excludes halogenated alkanes) is 29. The molecule has 1 aliphatic carbocycles. The maximum absolute atomic E-state index is 12.8. The lowest BCUT2D eigenvalue weighted by atomic mass is 9.85. The molecule has 1 rings (SSSR count). The number of hydrogen-bond acceptors (Lipinski definition) is 11. The number of hydrogen-bond donors (Lipinski definition) is 6. The quantitative estimate of drug-likeness (QED) is 0.0147. The fourth-order valence-corrected chi connectivity index (χ4v) is 8.85. The van der Waals surface area contributed by atoms with Crippen molar-refractivity contribution in [2.75, 3.05) is 19.8 Å². The van der Waals surface area contributed by atoms with E-state index in [9.17, 15) is 39.8 Å². The van der Waals surface area contributed by atoms with E-state index in [1.807, 2.05) is 0 Å². The molecule has 6 atom stereocenters. The van der Waals surface area contributed by atoms with Crippen molar-refractivity contribution in [1.82, 2.24) is 0 Å². The minimum Gasteiger partial charge on any atom is -0.457 e. The Hall–Kier alpha value is -0.920. The molecule has 0 spiro atoms. The predicted octanol–water partition coefficient (Wildman–Crippen LogP) is 10.7. The van der Waals surface area contributed by atoms with Crippen LogP contribution in [0.2, 0.25) is 0 Å². The van der Waals surface area contributed by atoms with Crippen LogP contribution in [0, 0.1) is 0 Å². The minimum atomic E-state index is -5.01. The van der Waals surface area contributed by atoms with Crippen molar-refractivity contribution < 1.29 is 58.3 Å². The summed E-state index contributed by atoms with van der Waals surface area (Å²) in [5, 5.41) is 50.2. The van der Waals surface area contributed by atoms with Gasteiger partial charge in [0.05, 0.1) is 13.2 Å². The number of carbonyl (C=O) groups excluding carboxylic acids is 1. The molecule has 0 aromatic heterocycles. The van der Waals surface area contributed by atoms with E-state index in [-0.39, 0.29) is 13.0 Å². The van der Waals surface area contributed by atoms with Crippen LogP contribution in [-0.4, -0.2) is 98.9 Å². The molecule has 0 aliphatic heterocycles. The molecular weight excluding hydrogens is 799 g/mol. The average molecular weight is 893 g/mol. The fourth-order valence-electron chi connectivity index (χ4n) is 7.88. The Morgan fingerprint density at radius 2 is 0.869 bits per heavy atom. The zero-order valence-electron chi connectivity index (χ0n) is 38.7. The number of ether oxygens (including phenoxy) is 2. The third-order valence-corrected chi connectivity index (χ3v) is 12.9. The lowest BCUT2D eigenvalue weighted by Crippen LogP contribution is -2.64. The lowest BCUT2D eigenvalue weighted by Gasteiger charge is -2.41. The van der Waals surface area contributed by atoms with Gasteiger partial charge in [-0.2, -0.15) is 0 Å². The summed E-state index contributed by atoms with van der Waals surface area (Å²) in [6.07, 6.45) is 31.4. The van der Waals surface area contributed by atoms with Crippen LogP contribution in [0.15, 0.2) is 12.2 Å². The molecule has 1 aliphatic rings. The number of aliphatic hydroxyl groups is 5. The van der Waals surface area contributed by atoms with Crippen molar-refractivity contribution in [2.24, 2.45) is 0 Å². The molecule has 1 saturated carbocycles. The topological polar surface area (TPSA) is 192 Å². The van der Waals surface area contributed by atoms with Crippen LogP contribution < -0.4 is 0 Å². The molecule has 12 nitrogen and oxygen atoms in total. The SMILES string of the molecule is CCCCC/C=C\CCCCCCCCOCC(COP(=O)(O)OC1C(O)C(O)C(O)C(O)C1O)OC(=O)CCCCCCCCCCCCCCCCCCCCCCC. The maximum Gasteiger partial charge on any atom is 0.472 e. The second-order valence-corrected chi connectivity index (χ2v) is 19.1. The molecule has 0 aromatic carbocycles. The first kappa shape index (κ1) is 58.1. The molecule has 6 unspecified atom stereocenters. The summed E-state index contributed by atoms with van der Waals surface area (Å²) >= 11 is 0. The number of rotatable bonds is 43. The second kappa shape index (κ2) is 39.4. The predicted molar refractivity (Wildman–Crippen MR) is 244 cm³/mol. The van der Waals surface area contributed by atoms with Crippen LogP contribution in [0.3, 0.4) is 0 Å². The fraction of sp³-hybridized carbons (Fsp3) is 0.938. The highest BCUT2D eigenvalue weighted by Crippen LogP contribution is 2.47. The van der Waals surface area contributed by atoms with Crippen LogP contribution >= 0.6 is 7.82 Å². The van der Waals surface area contributed by atoms with Crippen LogP contribution in [0.4, 0.5) is 0 Å². The van der Waals surface area contributed by atoms with Gasteiger partial charge in [-0.1, -0.05) is 193 Å². The van der Waals surface area contributed by atoms with Crippen molar-refractivity contribution in [2.45, 2.75) is 268 Å². The van der Waals surface area contributed by atoms with E-state index in [4.69, 9.17) is 18.5 Å². The summed E-state index contributed by atoms with van der Waals surface area (Å²) in [5.74, 6) is -0.474. The van der Waals surface area contributed by atoms with Crippen LogP contribution in [0.25, 0.3) is 0 Å². The second-order valence-electron chi connectivity index (χ2n) is 17.7. The van der Waals surface area contributed by atoms with Crippen molar-refractivity contribution in [1.29, 1.82) is 0 Å². The van der Waals surface area contributed by atoms with Gasteiger partial charge in [0.25, 0.3) is 0 Å². The first-order valence-electron chi connectivity index (χ1n) is 25.0. The standard InChI is InChI=1S/C48H93O12P/c1-3-5-7-9-11-13-15-17-18-19-20-21-22-23-24-25-27-29-31-33-35-37-42(49)59-41(39-57-38-36-34-32-30-28-26-16-14-12-10-8-6-4-2)40-58-61(55,56)60-48-46(53)44(51)43(50)45(52)47(48)54/h12,14,41,43-48,50-54H,3-11,13,15-40H2,1-2H3,(H,55,56)/b14-12-.